The van der Waals surface area contributed by atoms with E-state index in [0.29, 0.717) is 0 Å². The van der Waals surface area contributed by atoms with Crippen LogP contribution in [0.4, 0.5) is 0 Å². The van der Waals surface area contributed by atoms with Gasteiger partial charge < -0.3 is 0 Å². The van der Waals surface area contributed by atoms with Crippen LogP contribution in [-0.2, 0) is 48.9 Å². The van der Waals surface area contributed by atoms with Crippen LogP contribution in [0.5, 0.6) is 0 Å². The van der Waals surface area contributed by atoms with Crippen molar-refractivity contribution in [3.63, 3.8) is 0 Å². The van der Waals surface area contributed by atoms with E-state index in [2.05, 4.69) is 70.7 Å². The average Bonchev–Trinajstić information content (AvgIpc) is 0.722. The Hall–Kier alpha value is 5.34. The van der Waals surface area contributed by atoms with Gasteiger partial charge in [0.25, 0.3) is 0 Å². The monoisotopic (exact) mass is 1100 g/mol. The zero-order valence-corrected chi connectivity index (χ0v) is 21.3. The van der Waals surface area contributed by atoms with Crippen molar-refractivity contribution in [2.45, 2.75) is 0 Å². The van der Waals surface area contributed by atoms with Crippen LogP contribution in [0.1, 0.15) is 0 Å². The SMILES string of the molecule is [Au+].[Au+].[I][Hg-2]([I])([I])[I]. The standard InChI is InChI=1S/2Au.Hg.4HI/h;;;4*1H/q2*+1;+2;;;;/p-4. The molecular weight excluding hydrogens is 1100 g/mol. The molecule has 0 aromatic rings. The summed E-state index contributed by atoms with van der Waals surface area (Å²) in [4.78, 5) is 0. The summed E-state index contributed by atoms with van der Waals surface area (Å²) in [5, 5.41) is 0. The van der Waals surface area contributed by atoms with Gasteiger partial charge in [0.05, 0.1) is 0 Å². The van der Waals surface area contributed by atoms with E-state index in [1.54, 1.807) is 0 Å². The molecule has 0 radical (unpaired) electrons. The van der Waals surface area contributed by atoms with E-state index < -0.39 is 4.17 Å². The van der Waals surface area contributed by atoms with Crippen molar-refractivity contribution in [2.24, 2.45) is 0 Å². The Morgan fingerprint density at radius 1 is 0.714 bits per heavy atom. The first-order chi connectivity index (χ1) is 2.00. The molecule has 0 aliphatic carbocycles. The second kappa shape index (κ2) is 9.42. The summed E-state index contributed by atoms with van der Waals surface area (Å²) in [5.74, 6) is 0. The van der Waals surface area contributed by atoms with Gasteiger partial charge in [-0.15, -0.1) is 0 Å². The van der Waals surface area contributed by atoms with Gasteiger partial charge in [0.15, 0.2) is 0 Å². The van der Waals surface area contributed by atoms with Crippen LogP contribution in [0.3, 0.4) is 0 Å². The van der Waals surface area contributed by atoms with Crippen molar-refractivity contribution in [1.29, 1.82) is 0 Å². The van der Waals surface area contributed by atoms with E-state index in [9.17, 15) is 0 Å². The summed E-state index contributed by atoms with van der Waals surface area (Å²) in [7, 11) is 0. The van der Waals surface area contributed by atoms with Gasteiger partial charge >= 0.3 is 120 Å². The van der Waals surface area contributed by atoms with Crippen molar-refractivity contribution >= 4 is 70.7 Å². The molecule has 0 aliphatic heterocycles. The molecule has 0 aromatic carbocycles. The summed E-state index contributed by atoms with van der Waals surface area (Å²) >= 11 is 10.3. The van der Waals surface area contributed by atoms with Gasteiger partial charge in [0, 0.05) is 0 Å². The predicted octanol–water partition coefficient (Wildman–Crippen LogP) is 3.54. The second-order valence-electron chi connectivity index (χ2n) is 0.606. The van der Waals surface area contributed by atoms with E-state index in [1.165, 1.54) is 0 Å². The van der Waals surface area contributed by atoms with Crippen molar-refractivity contribution in [3.05, 3.63) is 0 Å². The Kier molecular flexibility index (Phi) is 24.5. The molecule has 0 saturated heterocycles. The van der Waals surface area contributed by atoms with Gasteiger partial charge in [-0.1, -0.05) is 0 Å². The molecule has 0 amide bonds. The van der Waals surface area contributed by atoms with Gasteiger partial charge in [-0.3, -0.25) is 0 Å². The molecule has 0 heterocycles. The van der Waals surface area contributed by atoms with E-state index in [4.69, 9.17) is 0 Å². The quantitative estimate of drug-likeness (QED) is 0.258. The molecule has 0 spiro atoms. The van der Waals surface area contributed by atoms with Crippen LogP contribution in [0.15, 0.2) is 0 Å². The van der Waals surface area contributed by atoms with Gasteiger partial charge in [0.1, 0.15) is 0 Å². The molecule has 52 valence electrons. The van der Waals surface area contributed by atoms with Crippen LogP contribution in [0.25, 0.3) is 0 Å². The third-order valence-electron chi connectivity index (χ3n) is 0. The van der Waals surface area contributed by atoms with E-state index in [0.717, 1.165) is 0 Å². The van der Waals surface area contributed by atoms with Gasteiger partial charge in [-0.2, -0.15) is 0 Å². The Morgan fingerprint density at radius 3 is 0.714 bits per heavy atom. The summed E-state index contributed by atoms with van der Waals surface area (Å²) in [6.45, 7) is 0. The molecule has 0 N–H and O–H groups in total. The zero-order chi connectivity index (χ0) is 4.50. The van der Waals surface area contributed by atoms with Crippen molar-refractivity contribution < 1.29 is 48.9 Å². The van der Waals surface area contributed by atoms with Crippen LogP contribution in [-0.4, -0.2) is 0 Å². The fourth-order valence-corrected chi connectivity index (χ4v) is 0. The molecule has 7 heavy (non-hydrogen) atoms. The predicted molar refractivity (Wildman–Crippen MR) is 56.1 cm³/mol. The molecule has 0 saturated carbocycles. The third-order valence-corrected chi connectivity index (χ3v) is 0. The normalized spacial score (nSPS) is 8.57. The summed E-state index contributed by atoms with van der Waals surface area (Å²) in [5.41, 5.74) is 0. The minimum atomic E-state index is -1.51. The first-order valence-electron chi connectivity index (χ1n) is 1.07. The summed E-state index contributed by atoms with van der Waals surface area (Å²) in [6, 6.07) is 0. The van der Waals surface area contributed by atoms with E-state index >= 15 is 0 Å². The summed E-state index contributed by atoms with van der Waals surface area (Å²) < 4.78 is -1.51. The molecule has 7 heteroatoms. The molecule has 0 unspecified atom stereocenters. The van der Waals surface area contributed by atoms with Gasteiger partial charge in [0.2, 0.25) is 0 Å². The third kappa shape index (κ3) is 34.7. The van der Waals surface area contributed by atoms with Crippen LogP contribution in [0.2, 0.25) is 0 Å². The molecule has 0 nitrogen and oxygen atoms in total. The second-order valence-corrected chi connectivity index (χ2v) is 239. The molecule has 0 aliphatic rings. The van der Waals surface area contributed by atoms with E-state index in [-0.39, 0.29) is 44.8 Å². The number of halogens is 4. The molecule has 0 aromatic heterocycles. The number of hydrogen-bond acceptors (Lipinski definition) is 0. The fraction of sp³-hybridized carbons (Fsp3) is 0. The number of hydrogen-bond donors (Lipinski definition) is 0. The van der Waals surface area contributed by atoms with Gasteiger partial charge in [-0.25, -0.2) is 0 Å². The maximum absolute atomic E-state index is 2.57. The summed E-state index contributed by atoms with van der Waals surface area (Å²) in [6.07, 6.45) is 0. The van der Waals surface area contributed by atoms with Crippen LogP contribution >= 0.6 is 70.7 Å². The van der Waals surface area contributed by atoms with E-state index in [1.807, 2.05) is 0 Å². The molecule has 0 fully saturated rings. The molecule has 0 bridgehead atoms. The first kappa shape index (κ1) is 18.2. The average molecular weight is 1100 g/mol. The van der Waals surface area contributed by atoms with Crippen molar-refractivity contribution in [3.8, 4) is 0 Å². The zero-order valence-electron chi connectivity index (χ0n) is 2.82. The van der Waals surface area contributed by atoms with Crippen molar-refractivity contribution in [2.75, 3.05) is 0 Å². The van der Waals surface area contributed by atoms with Gasteiger partial charge in [-0.05, 0) is 0 Å². The Labute approximate surface area is 115 Å². The Bertz CT molecular complexity index is 25.2. The first-order valence-corrected chi connectivity index (χ1v) is 62.9. The minimum absolute atomic E-state index is 0. The topological polar surface area (TPSA) is 0 Å². The maximum atomic E-state index is 2.57. The Balaban J connectivity index is -0.0000000800. The molecular formula is Au2HgI4. The van der Waals surface area contributed by atoms with Crippen LogP contribution in [0, 0.1) is 0 Å². The van der Waals surface area contributed by atoms with Crippen LogP contribution < -0.4 is 0 Å². The van der Waals surface area contributed by atoms with Crippen molar-refractivity contribution in [1.82, 2.24) is 0 Å². The molecule has 0 rings (SSSR count). The number of rotatable bonds is 0. The fourth-order valence-electron chi connectivity index (χ4n) is 0. The Morgan fingerprint density at radius 2 is 0.714 bits per heavy atom. The molecule has 0 atom stereocenters.